The fraction of sp³-hybridized carbons (Fsp3) is 0.533. The summed E-state index contributed by atoms with van der Waals surface area (Å²) in [5, 5.41) is 3.50. The van der Waals surface area contributed by atoms with E-state index in [1.54, 1.807) is 4.90 Å². The second-order valence-electron chi connectivity index (χ2n) is 5.25. The van der Waals surface area contributed by atoms with Crippen LogP contribution < -0.4 is 5.32 Å². The van der Waals surface area contributed by atoms with Gasteiger partial charge < -0.3 is 19.7 Å². The molecule has 3 rings (SSSR count). The van der Waals surface area contributed by atoms with Crippen LogP contribution in [-0.2, 0) is 16.1 Å². The van der Waals surface area contributed by atoms with Crippen LogP contribution in [0, 0.1) is 0 Å². The lowest BCUT2D eigenvalue weighted by Gasteiger charge is -2.44. The molecule has 0 bridgehead atoms. The van der Waals surface area contributed by atoms with E-state index in [0.29, 0.717) is 26.3 Å². The van der Waals surface area contributed by atoms with Crippen molar-refractivity contribution in [2.45, 2.75) is 32.1 Å². The molecule has 0 unspecified atom stereocenters. The number of anilines is 1. The molecule has 1 fully saturated rings. The SMILES string of the molecule is CCOC(=O)N1CCC2(CC1)Nc1ccccc1CO2. The summed E-state index contributed by atoms with van der Waals surface area (Å²) in [6.07, 6.45) is 1.33. The average Bonchev–Trinajstić information content (AvgIpc) is 2.48. The van der Waals surface area contributed by atoms with Gasteiger partial charge in [-0.05, 0) is 13.0 Å². The van der Waals surface area contributed by atoms with Crippen LogP contribution >= 0.6 is 0 Å². The summed E-state index contributed by atoms with van der Waals surface area (Å²) in [5.41, 5.74) is 1.99. The summed E-state index contributed by atoms with van der Waals surface area (Å²) in [6.45, 7) is 4.19. The van der Waals surface area contributed by atoms with E-state index in [9.17, 15) is 4.79 Å². The largest absolute Gasteiger partial charge is 0.450 e. The number of nitrogens with one attached hydrogen (secondary N) is 1. The van der Waals surface area contributed by atoms with Crippen molar-refractivity contribution in [2.75, 3.05) is 25.0 Å². The number of hydrogen-bond donors (Lipinski definition) is 1. The van der Waals surface area contributed by atoms with Crippen LogP contribution in [0.1, 0.15) is 25.3 Å². The maximum absolute atomic E-state index is 11.7. The van der Waals surface area contributed by atoms with E-state index in [4.69, 9.17) is 9.47 Å². The van der Waals surface area contributed by atoms with Gasteiger partial charge in [0.15, 0.2) is 0 Å². The van der Waals surface area contributed by atoms with Crippen molar-refractivity contribution in [3.05, 3.63) is 29.8 Å². The Morgan fingerprint density at radius 2 is 2.15 bits per heavy atom. The van der Waals surface area contributed by atoms with Gasteiger partial charge in [-0.25, -0.2) is 4.79 Å². The molecule has 1 spiro atoms. The highest BCUT2D eigenvalue weighted by Gasteiger charge is 2.39. The van der Waals surface area contributed by atoms with Gasteiger partial charge in [0.25, 0.3) is 0 Å². The van der Waals surface area contributed by atoms with Gasteiger partial charge in [-0.15, -0.1) is 0 Å². The Bertz CT molecular complexity index is 496. The Kier molecular flexibility index (Phi) is 3.53. The molecular formula is C15H20N2O3. The van der Waals surface area contributed by atoms with E-state index in [0.717, 1.165) is 18.5 Å². The standard InChI is InChI=1S/C15H20N2O3/c1-2-19-14(18)17-9-7-15(8-10-17)16-13-6-4-3-5-12(13)11-20-15/h3-6,16H,2,7-11H2,1H3. The Hall–Kier alpha value is -1.75. The lowest BCUT2D eigenvalue weighted by molar-refractivity contribution is -0.0772. The van der Waals surface area contributed by atoms with Crippen molar-refractivity contribution < 1.29 is 14.3 Å². The molecule has 1 amide bonds. The molecular weight excluding hydrogens is 256 g/mol. The quantitative estimate of drug-likeness (QED) is 0.856. The van der Waals surface area contributed by atoms with Gasteiger partial charge in [-0.1, -0.05) is 18.2 Å². The van der Waals surface area contributed by atoms with E-state index in [-0.39, 0.29) is 11.8 Å². The molecule has 2 aliphatic rings. The number of benzene rings is 1. The smallest absolute Gasteiger partial charge is 0.409 e. The number of piperidine rings is 1. The number of carbonyl (C=O) groups excluding carboxylic acids is 1. The predicted octanol–water partition coefficient (Wildman–Crippen LogP) is 2.58. The lowest BCUT2D eigenvalue weighted by Crippen LogP contribution is -2.53. The molecule has 5 nitrogen and oxygen atoms in total. The second-order valence-corrected chi connectivity index (χ2v) is 5.25. The van der Waals surface area contributed by atoms with E-state index in [2.05, 4.69) is 17.4 Å². The fourth-order valence-corrected chi connectivity index (χ4v) is 2.80. The average molecular weight is 276 g/mol. The predicted molar refractivity (Wildman–Crippen MR) is 75.4 cm³/mol. The molecule has 2 heterocycles. The molecule has 0 atom stereocenters. The number of rotatable bonds is 1. The molecule has 108 valence electrons. The van der Waals surface area contributed by atoms with Gasteiger partial charge in [0.1, 0.15) is 5.72 Å². The fourth-order valence-electron chi connectivity index (χ4n) is 2.80. The van der Waals surface area contributed by atoms with Crippen molar-refractivity contribution in [1.82, 2.24) is 4.90 Å². The second kappa shape index (κ2) is 5.32. The number of likely N-dealkylation sites (tertiary alicyclic amines) is 1. The number of fused-ring (bicyclic) bond motifs is 1. The number of amides is 1. The molecule has 0 aromatic heterocycles. The zero-order chi connectivity index (χ0) is 14.0. The molecule has 0 saturated carbocycles. The van der Waals surface area contributed by atoms with E-state index in [1.165, 1.54) is 5.56 Å². The van der Waals surface area contributed by atoms with E-state index < -0.39 is 0 Å². The van der Waals surface area contributed by atoms with Crippen molar-refractivity contribution in [3.8, 4) is 0 Å². The Morgan fingerprint density at radius 3 is 2.90 bits per heavy atom. The van der Waals surface area contributed by atoms with Gasteiger partial charge in [0, 0.05) is 37.2 Å². The normalized spacial score (nSPS) is 20.1. The van der Waals surface area contributed by atoms with Crippen LogP contribution in [0.5, 0.6) is 0 Å². The number of carbonyl (C=O) groups is 1. The minimum absolute atomic E-state index is 0.224. The van der Waals surface area contributed by atoms with Crippen molar-refractivity contribution in [2.24, 2.45) is 0 Å². The topological polar surface area (TPSA) is 50.8 Å². The van der Waals surface area contributed by atoms with Crippen molar-refractivity contribution in [3.63, 3.8) is 0 Å². The highest BCUT2D eigenvalue weighted by Crippen LogP contribution is 2.35. The van der Waals surface area contributed by atoms with E-state index in [1.807, 2.05) is 19.1 Å². The first-order valence-electron chi connectivity index (χ1n) is 7.14. The lowest BCUT2D eigenvalue weighted by atomic mass is 9.97. The van der Waals surface area contributed by atoms with Gasteiger partial charge >= 0.3 is 6.09 Å². The number of hydrogen-bond acceptors (Lipinski definition) is 4. The molecule has 1 aromatic carbocycles. The summed E-state index contributed by atoms with van der Waals surface area (Å²) in [6, 6.07) is 8.20. The monoisotopic (exact) mass is 276 g/mol. The van der Waals surface area contributed by atoms with Gasteiger partial charge in [0.2, 0.25) is 0 Å². The molecule has 1 N–H and O–H groups in total. The molecule has 0 radical (unpaired) electrons. The first-order valence-corrected chi connectivity index (χ1v) is 7.14. The summed E-state index contributed by atoms with van der Waals surface area (Å²) in [4.78, 5) is 13.5. The minimum atomic E-state index is -0.336. The molecule has 2 aliphatic heterocycles. The van der Waals surface area contributed by atoms with Gasteiger partial charge in [0.05, 0.1) is 13.2 Å². The third-order valence-corrected chi connectivity index (χ3v) is 3.98. The highest BCUT2D eigenvalue weighted by molar-refractivity contribution is 5.67. The highest BCUT2D eigenvalue weighted by atomic mass is 16.6. The summed E-state index contributed by atoms with van der Waals surface area (Å²) in [5.74, 6) is 0. The Morgan fingerprint density at radius 1 is 1.40 bits per heavy atom. The zero-order valence-electron chi connectivity index (χ0n) is 11.7. The summed E-state index contributed by atoms with van der Waals surface area (Å²) in [7, 11) is 0. The minimum Gasteiger partial charge on any atom is -0.450 e. The maximum Gasteiger partial charge on any atom is 0.409 e. The molecule has 5 heteroatoms. The third kappa shape index (κ3) is 2.45. The number of nitrogens with zero attached hydrogens (tertiary/aromatic N) is 1. The maximum atomic E-state index is 11.7. The number of para-hydroxylation sites is 1. The van der Waals surface area contributed by atoms with Crippen LogP contribution in [0.2, 0.25) is 0 Å². The van der Waals surface area contributed by atoms with Gasteiger partial charge in [-0.2, -0.15) is 0 Å². The van der Waals surface area contributed by atoms with Crippen molar-refractivity contribution >= 4 is 11.8 Å². The first-order chi connectivity index (χ1) is 9.72. The molecule has 1 aromatic rings. The van der Waals surface area contributed by atoms with Crippen LogP contribution in [0.25, 0.3) is 0 Å². The number of ether oxygens (including phenoxy) is 2. The van der Waals surface area contributed by atoms with Crippen LogP contribution in [0.3, 0.4) is 0 Å². The zero-order valence-corrected chi connectivity index (χ0v) is 11.7. The van der Waals surface area contributed by atoms with Crippen LogP contribution in [-0.4, -0.2) is 36.4 Å². The molecule has 0 aliphatic carbocycles. The first kappa shape index (κ1) is 13.2. The van der Waals surface area contributed by atoms with Crippen LogP contribution in [0.4, 0.5) is 10.5 Å². The van der Waals surface area contributed by atoms with Crippen LogP contribution in [0.15, 0.2) is 24.3 Å². The molecule has 1 saturated heterocycles. The third-order valence-electron chi connectivity index (χ3n) is 3.98. The van der Waals surface area contributed by atoms with Gasteiger partial charge in [-0.3, -0.25) is 0 Å². The summed E-state index contributed by atoms with van der Waals surface area (Å²) >= 11 is 0. The Balaban J connectivity index is 1.65. The van der Waals surface area contributed by atoms with Crippen molar-refractivity contribution in [1.29, 1.82) is 0 Å². The summed E-state index contributed by atoms with van der Waals surface area (Å²) < 4.78 is 11.1. The Labute approximate surface area is 118 Å². The van der Waals surface area contributed by atoms with E-state index >= 15 is 0 Å². The molecule has 20 heavy (non-hydrogen) atoms.